The molecule has 0 saturated heterocycles. The fourth-order valence-corrected chi connectivity index (χ4v) is 2.26. The molecule has 2 nitrogen and oxygen atoms in total. The molecule has 0 N–H and O–H groups in total. The summed E-state index contributed by atoms with van der Waals surface area (Å²) >= 11 is 7.54. The van der Waals surface area contributed by atoms with E-state index >= 15 is 0 Å². The number of halogens is 1. The molecule has 0 heterocycles. The van der Waals surface area contributed by atoms with Crippen LogP contribution in [0.4, 0.5) is 0 Å². The first-order valence-electron chi connectivity index (χ1n) is 5.25. The largest absolute Gasteiger partial charge is 0.454 e. The van der Waals surface area contributed by atoms with Crippen LogP contribution in [0, 0.1) is 11.3 Å². The van der Waals surface area contributed by atoms with Crippen molar-refractivity contribution < 1.29 is 4.74 Å². The average Bonchev–Trinajstić information content (AvgIpc) is 2.41. The summed E-state index contributed by atoms with van der Waals surface area (Å²) in [6.45, 7) is 0. The van der Waals surface area contributed by atoms with Gasteiger partial charge in [-0.2, -0.15) is 5.26 Å². The van der Waals surface area contributed by atoms with Crippen LogP contribution in [0.15, 0.2) is 47.4 Å². The molecule has 0 aliphatic rings. The third-order valence-corrected chi connectivity index (χ3v) is 3.47. The molecule has 0 spiro atoms. The van der Waals surface area contributed by atoms with E-state index in [4.69, 9.17) is 16.3 Å². The summed E-state index contributed by atoms with van der Waals surface area (Å²) in [7, 11) is 0. The van der Waals surface area contributed by atoms with E-state index in [1.54, 1.807) is 18.2 Å². The van der Waals surface area contributed by atoms with Crippen LogP contribution in [0.25, 0.3) is 0 Å². The lowest BCUT2D eigenvalue weighted by Crippen LogP contribution is -1.90. The Bertz CT molecular complexity index is 607. The van der Waals surface area contributed by atoms with Gasteiger partial charge in [-0.25, -0.2) is 0 Å². The molecular weight excluding hydrogens is 266 g/mol. The Balaban J connectivity index is 2.42. The van der Waals surface area contributed by atoms with Crippen molar-refractivity contribution in [2.75, 3.05) is 6.26 Å². The molecule has 0 bridgehead atoms. The number of thioether (sulfide) groups is 1. The fourth-order valence-electron chi connectivity index (χ4n) is 1.52. The highest BCUT2D eigenvalue weighted by Gasteiger charge is 2.10. The first-order chi connectivity index (χ1) is 8.76. The lowest BCUT2D eigenvalue weighted by molar-refractivity contribution is 0.480. The molecule has 2 aromatic carbocycles. The maximum atomic E-state index is 9.20. The van der Waals surface area contributed by atoms with E-state index in [0.29, 0.717) is 22.1 Å². The molecule has 0 saturated carbocycles. The Morgan fingerprint density at radius 2 is 1.83 bits per heavy atom. The van der Waals surface area contributed by atoms with E-state index in [1.807, 2.05) is 30.5 Å². The first-order valence-corrected chi connectivity index (χ1v) is 6.86. The number of para-hydroxylation sites is 1. The molecular formula is C14H10ClNOS. The molecule has 0 radical (unpaired) electrons. The van der Waals surface area contributed by atoms with Gasteiger partial charge in [0.15, 0.2) is 0 Å². The normalized spacial score (nSPS) is 9.83. The zero-order valence-corrected chi connectivity index (χ0v) is 11.3. The lowest BCUT2D eigenvalue weighted by atomic mass is 10.2. The Kier molecular flexibility index (Phi) is 4.14. The van der Waals surface area contributed by atoms with Crippen molar-refractivity contribution in [3.63, 3.8) is 0 Å². The Morgan fingerprint density at radius 1 is 1.11 bits per heavy atom. The second-order valence-electron chi connectivity index (χ2n) is 3.48. The Morgan fingerprint density at radius 3 is 2.50 bits per heavy atom. The van der Waals surface area contributed by atoms with Gasteiger partial charge in [-0.3, -0.25) is 0 Å². The van der Waals surface area contributed by atoms with Crippen LogP contribution >= 0.6 is 23.4 Å². The van der Waals surface area contributed by atoms with E-state index in [2.05, 4.69) is 6.07 Å². The topological polar surface area (TPSA) is 33.0 Å². The van der Waals surface area contributed by atoms with Crippen LogP contribution < -0.4 is 4.74 Å². The summed E-state index contributed by atoms with van der Waals surface area (Å²) in [4.78, 5) is 0.891. The van der Waals surface area contributed by atoms with E-state index in [0.717, 1.165) is 4.90 Å². The van der Waals surface area contributed by atoms with Gasteiger partial charge in [0.05, 0.1) is 5.02 Å². The van der Waals surface area contributed by atoms with Crippen molar-refractivity contribution in [2.24, 2.45) is 0 Å². The van der Waals surface area contributed by atoms with Crippen LogP contribution in [-0.2, 0) is 0 Å². The zero-order valence-electron chi connectivity index (χ0n) is 9.68. The second kappa shape index (κ2) is 5.81. The monoisotopic (exact) mass is 275 g/mol. The van der Waals surface area contributed by atoms with Crippen molar-refractivity contribution in [1.29, 1.82) is 5.26 Å². The molecule has 18 heavy (non-hydrogen) atoms. The smallest absolute Gasteiger partial charge is 0.146 e. The first kappa shape index (κ1) is 12.8. The van der Waals surface area contributed by atoms with Gasteiger partial charge in [0.1, 0.15) is 23.1 Å². The fraction of sp³-hybridized carbons (Fsp3) is 0.0714. The molecule has 0 unspecified atom stereocenters. The average molecular weight is 276 g/mol. The minimum absolute atomic E-state index is 0.524. The predicted octanol–water partition coefficient (Wildman–Crippen LogP) is 4.73. The van der Waals surface area contributed by atoms with Crippen LogP contribution in [0.5, 0.6) is 11.5 Å². The van der Waals surface area contributed by atoms with Gasteiger partial charge < -0.3 is 4.74 Å². The van der Waals surface area contributed by atoms with Crippen molar-refractivity contribution >= 4 is 23.4 Å². The number of hydrogen-bond donors (Lipinski definition) is 0. The summed E-state index contributed by atoms with van der Waals surface area (Å²) in [6.07, 6.45) is 1.93. The van der Waals surface area contributed by atoms with Gasteiger partial charge in [-0.15, -0.1) is 11.8 Å². The van der Waals surface area contributed by atoms with E-state index in [9.17, 15) is 5.26 Å². The highest BCUT2D eigenvalue weighted by molar-refractivity contribution is 7.98. The molecule has 0 aliphatic carbocycles. The molecule has 0 atom stereocenters. The van der Waals surface area contributed by atoms with E-state index in [1.165, 1.54) is 11.8 Å². The number of rotatable bonds is 3. The Hall–Kier alpha value is -1.63. The van der Waals surface area contributed by atoms with Gasteiger partial charge in [0, 0.05) is 4.90 Å². The summed E-state index contributed by atoms with van der Waals surface area (Å²) in [6, 6.07) is 14.9. The van der Waals surface area contributed by atoms with Crippen molar-refractivity contribution in [1.82, 2.24) is 0 Å². The van der Waals surface area contributed by atoms with E-state index < -0.39 is 0 Å². The summed E-state index contributed by atoms with van der Waals surface area (Å²) < 4.78 is 5.71. The highest BCUT2D eigenvalue weighted by Crippen LogP contribution is 2.34. The van der Waals surface area contributed by atoms with Gasteiger partial charge in [0.2, 0.25) is 0 Å². The third kappa shape index (κ3) is 2.61. The SMILES string of the molecule is CSc1cccc(Oc2ccccc2Cl)c1C#N. The number of nitriles is 1. The van der Waals surface area contributed by atoms with Crippen molar-refractivity contribution in [2.45, 2.75) is 4.90 Å². The Labute approximate surface area is 115 Å². The molecule has 0 amide bonds. The van der Waals surface area contributed by atoms with Gasteiger partial charge >= 0.3 is 0 Å². The summed E-state index contributed by atoms with van der Waals surface area (Å²) in [5, 5.41) is 9.73. The third-order valence-electron chi connectivity index (χ3n) is 2.38. The quantitative estimate of drug-likeness (QED) is 0.760. The second-order valence-corrected chi connectivity index (χ2v) is 4.73. The molecule has 4 heteroatoms. The number of hydrogen-bond acceptors (Lipinski definition) is 3. The van der Waals surface area contributed by atoms with Crippen molar-refractivity contribution in [3.8, 4) is 17.6 Å². The van der Waals surface area contributed by atoms with Crippen LogP contribution in [0.2, 0.25) is 5.02 Å². The zero-order chi connectivity index (χ0) is 13.0. The van der Waals surface area contributed by atoms with E-state index in [-0.39, 0.29) is 0 Å². The van der Waals surface area contributed by atoms with Gasteiger partial charge in [-0.05, 0) is 30.5 Å². The maximum absolute atomic E-state index is 9.20. The molecule has 0 aromatic heterocycles. The number of ether oxygens (including phenoxy) is 1. The van der Waals surface area contributed by atoms with Gasteiger partial charge in [0.25, 0.3) is 0 Å². The van der Waals surface area contributed by atoms with Crippen LogP contribution in [0.3, 0.4) is 0 Å². The van der Waals surface area contributed by atoms with Gasteiger partial charge in [-0.1, -0.05) is 29.8 Å². The standard InChI is InChI=1S/C14H10ClNOS/c1-18-14-8-4-7-12(10(14)9-16)17-13-6-3-2-5-11(13)15/h2-8H,1H3. The number of nitrogens with zero attached hydrogens (tertiary/aromatic N) is 1. The number of benzene rings is 2. The van der Waals surface area contributed by atoms with Crippen molar-refractivity contribution in [3.05, 3.63) is 53.1 Å². The minimum atomic E-state index is 0.524. The maximum Gasteiger partial charge on any atom is 0.146 e. The minimum Gasteiger partial charge on any atom is -0.454 e. The predicted molar refractivity (Wildman–Crippen MR) is 74.5 cm³/mol. The lowest BCUT2D eigenvalue weighted by Gasteiger charge is -2.10. The highest BCUT2D eigenvalue weighted by atomic mass is 35.5. The molecule has 0 aliphatic heterocycles. The molecule has 2 aromatic rings. The summed E-state index contributed by atoms with van der Waals surface area (Å²) in [5.41, 5.74) is 0.532. The van der Waals surface area contributed by atoms with Crippen LogP contribution in [0.1, 0.15) is 5.56 Å². The molecule has 2 rings (SSSR count). The van der Waals surface area contributed by atoms with Crippen LogP contribution in [-0.4, -0.2) is 6.26 Å². The molecule has 90 valence electrons. The molecule has 0 fully saturated rings. The summed E-state index contributed by atoms with van der Waals surface area (Å²) in [5.74, 6) is 1.08.